The van der Waals surface area contributed by atoms with Gasteiger partial charge in [-0.05, 0) is 12.8 Å². The molecule has 0 atom stereocenters. The van der Waals surface area contributed by atoms with Gasteiger partial charge >= 0.3 is 38.2 Å². The van der Waals surface area contributed by atoms with E-state index in [1.807, 2.05) is 0 Å². The fourth-order valence-electron chi connectivity index (χ4n) is 0.595. The fraction of sp³-hybridized carbons (Fsp3) is 1.00. The molecule has 0 bridgehead atoms. The van der Waals surface area contributed by atoms with Crippen molar-refractivity contribution in [1.29, 1.82) is 0 Å². The molecule has 0 aromatic rings. The Labute approximate surface area is 131 Å². The molecule has 0 aromatic heterocycles. The largest absolute Gasteiger partial charge is 3.00 e. The van der Waals surface area contributed by atoms with E-state index in [0.717, 1.165) is 13.2 Å². The number of unbranched alkanes of at least 4 members (excludes halogenated alkanes) is 2. The third kappa shape index (κ3) is 16.8. The van der Waals surface area contributed by atoms with E-state index in [0.29, 0.717) is 0 Å². The molecule has 0 aliphatic rings. The molecule has 0 aliphatic heterocycles. The Bertz CT molecular complexity index is 261. The van der Waals surface area contributed by atoms with E-state index in [2.05, 4.69) is 13.8 Å². The van der Waals surface area contributed by atoms with Crippen molar-refractivity contribution in [2.75, 3.05) is 13.2 Å². The van der Waals surface area contributed by atoms with Gasteiger partial charge in [0.1, 0.15) is 0 Å². The van der Waals surface area contributed by atoms with Gasteiger partial charge in [-0.1, -0.05) is 26.7 Å². The van der Waals surface area contributed by atoms with Crippen LogP contribution in [0, 0.1) is 0 Å². The van der Waals surface area contributed by atoms with Gasteiger partial charge in [0.05, 0.1) is 0 Å². The first-order chi connectivity index (χ1) is 7.66. The summed E-state index contributed by atoms with van der Waals surface area (Å²) in [5.74, 6) is 0. The standard InChI is InChI=1S/C8H18O.CHF3O3S.Y/c1-3-5-7-9-8-6-4-2;2-1(3,4)8(5,6)7;/h3-8H2,1-2H3;(H,5,6,7);/q;;+3/p-1. The third-order valence-electron chi connectivity index (χ3n) is 1.57. The van der Waals surface area contributed by atoms with Crippen molar-refractivity contribution in [2.24, 2.45) is 0 Å². The van der Waals surface area contributed by atoms with E-state index in [9.17, 15) is 13.2 Å². The van der Waals surface area contributed by atoms with E-state index in [4.69, 9.17) is 17.7 Å². The first kappa shape index (κ1) is 23.8. The Balaban J connectivity index is -0.000000238. The van der Waals surface area contributed by atoms with Gasteiger partial charge in [0, 0.05) is 13.2 Å². The number of ether oxygens (including phenoxy) is 1. The summed E-state index contributed by atoms with van der Waals surface area (Å²) < 4.78 is 64.2. The van der Waals surface area contributed by atoms with Crippen molar-refractivity contribution >= 4 is 10.1 Å². The molecule has 4 nitrogen and oxygen atoms in total. The normalized spacial score (nSPS) is 11.2. The molecule has 0 saturated heterocycles. The second-order valence-corrected chi connectivity index (χ2v) is 4.59. The summed E-state index contributed by atoms with van der Waals surface area (Å²) in [7, 11) is -6.09. The summed E-state index contributed by atoms with van der Waals surface area (Å²) >= 11 is 0. The summed E-state index contributed by atoms with van der Waals surface area (Å²) in [6, 6.07) is 0. The number of rotatable bonds is 6. The maximum Gasteiger partial charge on any atom is 3.00 e. The van der Waals surface area contributed by atoms with Gasteiger partial charge in [0.2, 0.25) is 0 Å². The van der Waals surface area contributed by atoms with Gasteiger partial charge in [-0.25, -0.2) is 8.42 Å². The Morgan fingerprint density at radius 3 is 1.50 bits per heavy atom. The molecule has 0 heterocycles. The van der Waals surface area contributed by atoms with Crippen LogP contribution in [-0.2, 0) is 47.6 Å². The van der Waals surface area contributed by atoms with Gasteiger partial charge in [-0.15, -0.1) is 0 Å². The first-order valence-electron chi connectivity index (χ1n) is 5.26. The second-order valence-electron chi connectivity index (χ2n) is 3.22. The maximum atomic E-state index is 10.7. The van der Waals surface area contributed by atoms with Crippen LogP contribution in [0.2, 0.25) is 0 Å². The van der Waals surface area contributed by atoms with Crippen LogP contribution in [0.1, 0.15) is 39.5 Å². The molecule has 0 rings (SSSR count). The molecule has 0 spiro atoms. The predicted molar refractivity (Wildman–Crippen MR) is 56.4 cm³/mol. The van der Waals surface area contributed by atoms with Crippen molar-refractivity contribution < 1.29 is 63.6 Å². The van der Waals surface area contributed by atoms with Crippen LogP contribution < -0.4 is 0 Å². The van der Waals surface area contributed by atoms with Crippen molar-refractivity contribution in [3.63, 3.8) is 0 Å². The number of alkyl halides is 3. The predicted octanol–water partition coefficient (Wildman–Crippen LogP) is 2.65. The van der Waals surface area contributed by atoms with Crippen LogP contribution in [0.15, 0.2) is 0 Å². The van der Waals surface area contributed by atoms with Crippen LogP contribution in [-0.4, -0.2) is 31.7 Å². The van der Waals surface area contributed by atoms with E-state index < -0.39 is 15.6 Å². The zero-order chi connectivity index (χ0) is 13.9. The molecule has 0 fully saturated rings. The minimum atomic E-state index is -6.09. The van der Waals surface area contributed by atoms with Gasteiger partial charge in [-0.3, -0.25) is 0 Å². The van der Waals surface area contributed by atoms with Crippen molar-refractivity contribution in [1.82, 2.24) is 0 Å². The fourth-order valence-corrected chi connectivity index (χ4v) is 0.595. The van der Waals surface area contributed by atoms with Gasteiger partial charge in [0.15, 0.2) is 10.1 Å². The number of halogens is 3. The molecule has 0 aliphatic carbocycles. The molecule has 0 aromatic carbocycles. The molecule has 0 radical (unpaired) electrons. The summed E-state index contributed by atoms with van der Waals surface area (Å²) in [4.78, 5) is 0. The monoisotopic (exact) mass is 368 g/mol. The van der Waals surface area contributed by atoms with Gasteiger partial charge in [0.25, 0.3) is 0 Å². The van der Waals surface area contributed by atoms with Crippen LogP contribution in [0.25, 0.3) is 0 Å². The van der Waals surface area contributed by atoms with E-state index in [-0.39, 0.29) is 32.7 Å². The van der Waals surface area contributed by atoms with E-state index in [1.54, 1.807) is 0 Å². The molecule has 9 heteroatoms. The van der Waals surface area contributed by atoms with Crippen LogP contribution in [0.3, 0.4) is 0 Å². The second kappa shape index (κ2) is 12.8. The minimum Gasteiger partial charge on any atom is -0.741 e. The SMILES string of the molecule is CCCCOCCCC.O=S(=O)([O-])C(F)(F)F.[Y+3]. The number of hydrogen-bond donors (Lipinski definition) is 0. The Morgan fingerprint density at radius 2 is 1.33 bits per heavy atom. The summed E-state index contributed by atoms with van der Waals surface area (Å²) in [5.41, 5.74) is -5.65. The first-order valence-corrected chi connectivity index (χ1v) is 6.67. The molecule has 106 valence electrons. The molecule has 0 N–H and O–H groups in total. The van der Waals surface area contributed by atoms with E-state index in [1.165, 1.54) is 25.7 Å². The zero-order valence-corrected chi connectivity index (χ0v) is 14.1. The average molecular weight is 368 g/mol. The minimum absolute atomic E-state index is 0. The molecular formula is C9H18F3O4SY+2. The summed E-state index contributed by atoms with van der Waals surface area (Å²) in [6.07, 6.45) is 4.91. The van der Waals surface area contributed by atoms with E-state index >= 15 is 0 Å². The van der Waals surface area contributed by atoms with Crippen molar-refractivity contribution in [2.45, 2.75) is 45.0 Å². The quantitative estimate of drug-likeness (QED) is 0.411. The molecule has 0 unspecified atom stereocenters. The molecule has 0 saturated carbocycles. The Kier molecular flexibility index (Phi) is 16.9. The van der Waals surface area contributed by atoms with Crippen molar-refractivity contribution in [3.05, 3.63) is 0 Å². The Hall–Kier alpha value is 0.764. The zero-order valence-electron chi connectivity index (χ0n) is 10.5. The smallest absolute Gasteiger partial charge is 0.741 e. The van der Waals surface area contributed by atoms with Crippen LogP contribution in [0.5, 0.6) is 0 Å². The van der Waals surface area contributed by atoms with Gasteiger partial charge in [-0.2, -0.15) is 13.2 Å². The topological polar surface area (TPSA) is 66.4 Å². The molecule has 18 heavy (non-hydrogen) atoms. The van der Waals surface area contributed by atoms with Gasteiger partial charge < -0.3 is 9.29 Å². The van der Waals surface area contributed by atoms with Crippen LogP contribution >= 0.6 is 0 Å². The van der Waals surface area contributed by atoms with Crippen molar-refractivity contribution in [3.8, 4) is 0 Å². The molecule has 0 amide bonds. The Morgan fingerprint density at radius 1 is 1.06 bits per heavy atom. The molecular weight excluding hydrogens is 350 g/mol. The van der Waals surface area contributed by atoms with Crippen LogP contribution in [0.4, 0.5) is 13.2 Å². The summed E-state index contributed by atoms with van der Waals surface area (Å²) in [6.45, 7) is 6.28. The maximum absolute atomic E-state index is 10.7. The number of hydrogen-bond acceptors (Lipinski definition) is 4. The average Bonchev–Trinajstić information content (AvgIpc) is 2.15. The third-order valence-corrected chi connectivity index (χ3v) is 2.13. The summed E-state index contributed by atoms with van der Waals surface area (Å²) in [5, 5.41) is 0.